The number of nitrogens with zero attached hydrogens (tertiary/aromatic N) is 2. The van der Waals surface area contributed by atoms with Crippen molar-refractivity contribution in [1.82, 2.24) is 9.97 Å². The first kappa shape index (κ1) is 15.1. The molecule has 0 amide bonds. The molecule has 1 aliphatic rings. The summed E-state index contributed by atoms with van der Waals surface area (Å²) in [6, 6.07) is 0.462. The molecule has 1 fully saturated rings. The average molecular weight is 276 g/mol. The Balaban J connectivity index is 2.28. The number of hydrogen-bond acceptors (Lipinski definition) is 4. The summed E-state index contributed by atoms with van der Waals surface area (Å²) in [6.07, 6.45) is 5.08. The Labute approximate surface area is 122 Å². The second kappa shape index (κ2) is 5.58. The molecule has 0 radical (unpaired) electrons. The highest BCUT2D eigenvalue weighted by atomic mass is 15.1. The quantitative estimate of drug-likeness (QED) is 0.879. The Bertz CT molecular complexity index is 480. The Hall–Kier alpha value is -1.32. The molecular weight excluding hydrogens is 248 g/mol. The van der Waals surface area contributed by atoms with Gasteiger partial charge in [-0.25, -0.2) is 9.97 Å². The van der Waals surface area contributed by atoms with Gasteiger partial charge >= 0.3 is 0 Å². The zero-order chi connectivity index (χ0) is 14.9. The van der Waals surface area contributed by atoms with Crippen LogP contribution in [-0.2, 0) is 0 Å². The van der Waals surface area contributed by atoms with Gasteiger partial charge in [0.25, 0.3) is 0 Å². The Morgan fingerprint density at radius 2 is 1.95 bits per heavy atom. The van der Waals surface area contributed by atoms with E-state index < -0.39 is 0 Å². The summed E-state index contributed by atoms with van der Waals surface area (Å²) in [7, 11) is 0. The van der Waals surface area contributed by atoms with Crippen LogP contribution in [0.3, 0.4) is 0 Å². The molecule has 4 heteroatoms. The zero-order valence-corrected chi connectivity index (χ0v) is 13.5. The minimum Gasteiger partial charge on any atom is -0.383 e. The first-order valence-electron chi connectivity index (χ1n) is 7.72. The standard InChI is InChI=1S/C16H28N4/c1-10(2)14-19-13(17)11(3)15(20-14)18-12-8-6-7-9-16(12,4)5/h10,12H,6-9H2,1-5H3,(H3,17,18,19,20). The van der Waals surface area contributed by atoms with Crippen molar-refractivity contribution in [2.45, 2.75) is 72.3 Å². The van der Waals surface area contributed by atoms with Crippen LogP contribution in [0, 0.1) is 12.3 Å². The molecule has 20 heavy (non-hydrogen) atoms. The molecular formula is C16H28N4. The van der Waals surface area contributed by atoms with Crippen molar-refractivity contribution in [2.75, 3.05) is 11.1 Å². The van der Waals surface area contributed by atoms with Gasteiger partial charge in [-0.1, -0.05) is 40.5 Å². The van der Waals surface area contributed by atoms with Gasteiger partial charge in [0.05, 0.1) is 0 Å². The number of nitrogen functional groups attached to an aromatic ring is 1. The van der Waals surface area contributed by atoms with Crippen molar-refractivity contribution in [3.05, 3.63) is 11.4 Å². The number of aromatic nitrogens is 2. The molecule has 1 unspecified atom stereocenters. The van der Waals surface area contributed by atoms with Crippen LogP contribution in [0.2, 0.25) is 0 Å². The lowest BCUT2D eigenvalue weighted by atomic mass is 9.73. The number of rotatable bonds is 3. The van der Waals surface area contributed by atoms with Crippen molar-refractivity contribution >= 4 is 11.6 Å². The van der Waals surface area contributed by atoms with Crippen molar-refractivity contribution in [3.63, 3.8) is 0 Å². The van der Waals surface area contributed by atoms with Gasteiger partial charge in [0.15, 0.2) is 0 Å². The molecule has 0 saturated heterocycles. The topological polar surface area (TPSA) is 63.8 Å². The summed E-state index contributed by atoms with van der Waals surface area (Å²) in [5, 5.41) is 3.64. The number of hydrogen-bond donors (Lipinski definition) is 2. The van der Waals surface area contributed by atoms with Crippen LogP contribution >= 0.6 is 0 Å². The molecule has 1 atom stereocenters. The van der Waals surface area contributed by atoms with Gasteiger partial charge in [-0.2, -0.15) is 0 Å². The number of nitrogens with two attached hydrogens (primary N) is 1. The van der Waals surface area contributed by atoms with Crippen molar-refractivity contribution in [2.24, 2.45) is 5.41 Å². The molecule has 4 nitrogen and oxygen atoms in total. The number of nitrogens with one attached hydrogen (secondary N) is 1. The maximum absolute atomic E-state index is 6.04. The Morgan fingerprint density at radius 3 is 2.55 bits per heavy atom. The molecule has 0 aliphatic heterocycles. The van der Waals surface area contributed by atoms with E-state index in [2.05, 4.69) is 38.0 Å². The van der Waals surface area contributed by atoms with Gasteiger partial charge < -0.3 is 11.1 Å². The molecule has 1 aromatic heterocycles. The molecule has 3 N–H and O–H groups in total. The van der Waals surface area contributed by atoms with E-state index in [1.54, 1.807) is 0 Å². The summed E-state index contributed by atoms with van der Waals surface area (Å²) in [5.41, 5.74) is 7.32. The first-order valence-corrected chi connectivity index (χ1v) is 7.72. The van der Waals surface area contributed by atoms with Crippen LogP contribution in [0.1, 0.15) is 70.7 Å². The lowest BCUT2D eigenvalue weighted by Gasteiger charge is -2.39. The fraction of sp³-hybridized carbons (Fsp3) is 0.750. The smallest absolute Gasteiger partial charge is 0.135 e. The van der Waals surface area contributed by atoms with Crippen LogP contribution in [-0.4, -0.2) is 16.0 Å². The normalized spacial score (nSPS) is 22.0. The van der Waals surface area contributed by atoms with E-state index in [4.69, 9.17) is 10.7 Å². The molecule has 1 aromatic rings. The van der Waals surface area contributed by atoms with E-state index in [1.807, 2.05) is 6.92 Å². The van der Waals surface area contributed by atoms with Gasteiger partial charge in [-0.15, -0.1) is 0 Å². The lowest BCUT2D eigenvalue weighted by molar-refractivity contribution is 0.216. The van der Waals surface area contributed by atoms with Crippen molar-refractivity contribution in [3.8, 4) is 0 Å². The van der Waals surface area contributed by atoms with Crippen molar-refractivity contribution in [1.29, 1.82) is 0 Å². The highest BCUT2D eigenvalue weighted by Crippen LogP contribution is 2.37. The third-order valence-electron chi connectivity index (χ3n) is 4.54. The highest BCUT2D eigenvalue weighted by molar-refractivity contribution is 5.55. The average Bonchev–Trinajstić information content (AvgIpc) is 2.36. The van der Waals surface area contributed by atoms with Gasteiger partial charge in [-0.3, -0.25) is 0 Å². The van der Waals surface area contributed by atoms with Crippen LogP contribution in [0.4, 0.5) is 11.6 Å². The minimum absolute atomic E-state index is 0.290. The molecule has 112 valence electrons. The van der Waals surface area contributed by atoms with Crippen LogP contribution in [0.25, 0.3) is 0 Å². The van der Waals surface area contributed by atoms with Crippen LogP contribution in [0.5, 0.6) is 0 Å². The fourth-order valence-corrected chi connectivity index (χ4v) is 2.88. The summed E-state index contributed by atoms with van der Waals surface area (Å²) < 4.78 is 0. The Morgan fingerprint density at radius 1 is 1.25 bits per heavy atom. The molecule has 0 aromatic carbocycles. The van der Waals surface area contributed by atoms with E-state index in [0.717, 1.165) is 17.2 Å². The van der Waals surface area contributed by atoms with Gasteiger partial charge in [0.1, 0.15) is 17.5 Å². The predicted molar refractivity (Wildman–Crippen MR) is 84.9 cm³/mol. The minimum atomic E-state index is 0.290. The lowest BCUT2D eigenvalue weighted by Crippen LogP contribution is -2.39. The van der Waals surface area contributed by atoms with E-state index in [1.165, 1.54) is 25.7 Å². The highest BCUT2D eigenvalue weighted by Gasteiger charge is 2.32. The van der Waals surface area contributed by atoms with Crippen LogP contribution in [0.15, 0.2) is 0 Å². The third kappa shape index (κ3) is 3.05. The summed E-state index contributed by atoms with van der Waals surface area (Å²) in [6.45, 7) is 10.9. The summed E-state index contributed by atoms with van der Waals surface area (Å²) in [4.78, 5) is 9.08. The predicted octanol–water partition coefficient (Wildman–Crippen LogP) is 3.87. The first-order chi connectivity index (χ1) is 9.31. The SMILES string of the molecule is Cc1c(N)nc(C(C)C)nc1NC1CCCCC1(C)C. The van der Waals surface area contributed by atoms with Crippen LogP contribution < -0.4 is 11.1 Å². The Kier molecular flexibility index (Phi) is 4.21. The van der Waals surface area contributed by atoms with E-state index in [-0.39, 0.29) is 5.92 Å². The molecule has 1 aliphatic carbocycles. The monoisotopic (exact) mass is 276 g/mol. The second-order valence-corrected chi connectivity index (χ2v) is 7.03. The zero-order valence-electron chi connectivity index (χ0n) is 13.5. The molecule has 0 bridgehead atoms. The van der Waals surface area contributed by atoms with Crippen molar-refractivity contribution < 1.29 is 0 Å². The third-order valence-corrected chi connectivity index (χ3v) is 4.54. The fourth-order valence-electron chi connectivity index (χ4n) is 2.88. The van der Waals surface area contributed by atoms with Gasteiger partial charge in [0, 0.05) is 17.5 Å². The van der Waals surface area contributed by atoms with E-state index in [9.17, 15) is 0 Å². The largest absolute Gasteiger partial charge is 0.383 e. The maximum Gasteiger partial charge on any atom is 0.135 e. The van der Waals surface area contributed by atoms with E-state index >= 15 is 0 Å². The van der Waals surface area contributed by atoms with E-state index in [0.29, 0.717) is 17.3 Å². The summed E-state index contributed by atoms with van der Waals surface area (Å²) >= 11 is 0. The summed E-state index contributed by atoms with van der Waals surface area (Å²) in [5.74, 6) is 2.63. The number of anilines is 2. The molecule has 1 heterocycles. The van der Waals surface area contributed by atoms with Gasteiger partial charge in [-0.05, 0) is 25.2 Å². The second-order valence-electron chi connectivity index (χ2n) is 7.03. The molecule has 2 rings (SSSR count). The molecule has 0 spiro atoms. The van der Waals surface area contributed by atoms with Gasteiger partial charge in [0.2, 0.25) is 0 Å². The molecule has 1 saturated carbocycles. The maximum atomic E-state index is 6.04.